The molecular formula is C14H24N2O. The third-order valence-electron chi connectivity index (χ3n) is 2.66. The van der Waals surface area contributed by atoms with Crippen molar-refractivity contribution in [2.45, 2.75) is 33.4 Å². The van der Waals surface area contributed by atoms with Crippen LogP contribution in [0.3, 0.4) is 0 Å². The van der Waals surface area contributed by atoms with Crippen molar-refractivity contribution in [3.05, 3.63) is 29.3 Å². The van der Waals surface area contributed by atoms with E-state index in [2.05, 4.69) is 49.6 Å². The number of hydrogen-bond donors (Lipinski definition) is 2. The zero-order valence-electron chi connectivity index (χ0n) is 11.3. The Hall–Kier alpha value is -1.06. The van der Waals surface area contributed by atoms with Gasteiger partial charge in [-0.05, 0) is 24.1 Å². The molecule has 0 unspecified atom stereocenters. The van der Waals surface area contributed by atoms with Crippen molar-refractivity contribution in [3.63, 3.8) is 0 Å². The molecular weight excluding hydrogens is 212 g/mol. The molecule has 1 aromatic rings. The molecule has 0 bridgehead atoms. The number of nitrogens with one attached hydrogen (secondary N) is 2. The third-order valence-corrected chi connectivity index (χ3v) is 2.66. The minimum atomic E-state index is 0.552. The highest BCUT2D eigenvalue weighted by molar-refractivity contribution is 5.36. The summed E-state index contributed by atoms with van der Waals surface area (Å²) in [5.74, 6) is 0.963. The minimum absolute atomic E-state index is 0.552. The van der Waals surface area contributed by atoms with Crippen LogP contribution in [0.15, 0.2) is 18.2 Å². The largest absolute Gasteiger partial charge is 0.496 e. The predicted molar refractivity (Wildman–Crippen MR) is 72.6 cm³/mol. The van der Waals surface area contributed by atoms with Crippen molar-refractivity contribution in [2.24, 2.45) is 0 Å². The highest BCUT2D eigenvalue weighted by Crippen LogP contribution is 2.18. The molecule has 0 atom stereocenters. The van der Waals surface area contributed by atoms with Gasteiger partial charge in [0.1, 0.15) is 5.75 Å². The van der Waals surface area contributed by atoms with Crippen LogP contribution >= 0.6 is 0 Å². The molecule has 0 radical (unpaired) electrons. The van der Waals surface area contributed by atoms with Crippen molar-refractivity contribution in [1.82, 2.24) is 10.6 Å². The van der Waals surface area contributed by atoms with Crippen molar-refractivity contribution in [3.8, 4) is 5.75 Å². The van der Waals surface area contributed by atoms with Crippen LogP contribution in [0.1, 0.15) is 25.0 Å². The van der Waals surface area contributed by atoms with Crippen LogP contribution < -0.4 is 15.4 Å². The summed E-state index contributed by atoms with van der Waals surface area (Å²) < 4.78 is 5.30. The highest BCUT2D eigenvalue weighted by Gasteiger charge is 2.00. The zero-order chi connectivity index (χ0) is 12.7. The van der Waals surface area contributed by atoms with Gasteiger partial charge in [-0.15, -0.1) is 0 Å². The molecule has 0 fully saturated rings. The van der Waals surface area contributed by atoms with E-state index in [0.717, 1.165) is 25.4 Å². The fraction of sp³-hybridized carbons (Fsp3) is 0.571. The molecule has 0 aliphatic rings. The van der Waals surface area contributed by atoms with E-state index in [1.54, 1.807) is 7.11 Å². The first-order chi connectivity index (χ1) is 8.13. The average Bonchev–Trinajstić information content (AvgIpc) is 2.30. The van der Waals surface area contributed by atoms with Crippen LogP contribution in [0.5, 0.6) is 5.75 Å². The lowest BCUT2D eigenvalue weighted by atomic mass is 10.1. The molecule has 0 saturated heterocycles. The van der Waals surface area contributed by atoms with Gasteiger partial charge in [-0.1, -0.05) is 26.0 Å². The monoisotopic (exact) mass is 236 g/mol. The zero-order valence-corrected chi connectivity index (χ0v) is 11.3. The van der Waals surface area contributed by atoms with Gasteiger partial charge in [0.05, 0.1) is 7.11 Å². The summed E-state index contributed by atoms with van der Waals surface area (Å²) in [5, 5.41) is 6.79. The highest BCUT2D eigenvalue weighted by atomic mass is 16.5. The normalized spacial score (nSPS) is 10.9. The second-order valence-corrected chi connectivity index (χ2v) is 4.59. The standard InChI is InChI=1S/C14H24N2O/c1-11(2)16-8-7-15-10-13-6-5-12(3)14(9-13)17-4/h5-6,9,11,15-16H,7-8,10H2,1-4H3. The Morgan fingerprint density at radius 1 is 1.24 bits per heavy atom. The van der Waals surface area contributed by atoms with Crippen molar-refractivity contribution in [1.29, 1.82) is 0 Å². The molecule has 0 saturated carbocycles. The molecule has 0 amide bonds. The van der Waals surface area contributed by atoms with Crippen LogP contribution in [0.4, 0.5) is 0 Å². The van der Waals surface area contributed by atoms with Gasteiger partial charge in [0.2, 0.25) is 0 Å². The molecule has 2 N–H and O–H groups in total. The van der Waals surface area contributed by atoms with Crippen molar-refractivity contribution < 1.29 is 4.74 Å². The smallest absolute Gasteiger partial charge is 0.122 e. The summed E-state index contributed by atoms with van der Waals surface area (Å²) in [6.07, 6.45) is 0. The van der Waals surface area contributed by atoms with Gasteiger partial charge in [0.25, 0.3) is 0 Å². The molecule has 0 aliphatic carbocycles. The van der Waals surface area contributed by atoms with E-state index in [-0.39, 0.29) is 0 Å². The third kappa shape index (κ3) is 5.20. The van der Waals surface area contributed by atoms with Crippen LogP contribution in [-0.2, 0) is 6.54 Å². The Morgan fingerprint density at radius 2 is 2.00 bits per heavy atom. The first-order valence-electron chi connectivity index (χ1n) is 6.21. The molecule has 17 heavy (non-hydrogen) atoms. The minimum Gasteiger partial charge on any atom is -0.496 e. The van der Waals surface area contributed by atoms with E-state index in [1.807, 2.05) is 0 Å². The number of rotatable bonds is 7. The number of ether oxygens (including phenoxy) is 1. The fourth-order valence-corrected chi connectivity index (χ4v) is 1.66. The average molecular weight is 236 g/mol. The molecule has 0 aromatic heterocycles. The molecule has 0 heterocycles. The summed E-state index contributed by atoms with van der Waals surface area (Å²) >= 11 is 0. The first-order valence-corrected chi connectivity index (χ1v) is 6.21. The molecule has 3 heteroatoms. The second kappa shape index (κ2) is 7.30. The van der Waals surface area contributed by atoms with Crippen LogP contribution in [-0.4, -0.2) is 26.2 Å². The molecule has 1 aromatic carbocycles. The van der Waals surface area contributed by atoms with Crippen LogP contribution in [0, 0.1) is 6.92 Å². The second-order valence-electron chi connectivity index (χ2n) is 4.59. The number of benzene rings is 1. The first kappa shape index (κ1) is 14.0. The summed E-state index contributed by atoms with van der Waals surface area (Å²) in [4.78, 5) is 0. The predicted octanol–water partition coefficient (Wildman–Crippen LogP) is 2.09. The number of methoxy groups -OCH3 is 1. The summed E-state index contributed by atoms with van der Waals surface area (Å²) in [7, 11) is 1.71. The Labute approximate surface area is 105 Å². The summed E-state index contributed by atoms with van der Waals surface area (Å²) in [6.45, 7) is 9.24. The molecule has 3 nitrogen and oxygen atoms in total. The molecule has 0 aliphatic heterocycles. The number of aryl methyl sites for hydroxylation is 1. The van der Waals surface area contributed by atoms with E-state index in [1.165, 1.54) is 11.1 Å². The van der Waals surface area contributed by atoms with E-state index >= 15 is 0 Å². The lowest BCUT2D eigenvalue weighted by molar-refractivity contribution is 0.411. The topological polar surface area (TPSA) is 33.3 Å². The summed E-state index contributed by atoms with van der Waals surface area (Å²) in [5.41, 5.74) is 2.44. The van der Waals surface area contributed by atoms with Crippen molar-refractivity contribution >= 4 is 0 Å². The summed E-state index contributed by atoms with van der Waals surface area (Å²) in [6, 6.07) is 6.89. The Bertz CT molecular complexity index is 337. The van der Waals surface area contributed by atoms with Gasteiger partial charge < -0.3 is 15.4 Å². The maximum absolute atomic E-state index is 5.30. The van der Waals surface area contributed by atoms with E-state index in [4.69, 9.17) is 4.74 Å². The van der Waals surface area contributed by atoms with Crippen LogP contribution in [0.25, 0.3) is 0 Å². The van der Waals surface area contributed by atoms with Crippen molar-refractivity contribution in [2.75, 3.05) is 20.2 Å². The molecule has 1 rings (SSSR count). The van der Waals surface area contributed by atoms with Gasteiger partial charge in [-0.2, -0.15) is 0 Å². The fourth-order valence-electron chi connectivity index (χ4n) is 1.66. The quantitative estimate of drug-likeness (QED) is 0.711. The van der Waals surface area contributed by atoms with Gasteiger partial charge in [-0.25, -0.2) is 0 Å². The maximum Gasteiger partial charge on any atom is 0.122 e. The van der Waals surface area contributed by atoms with Gasteiger partial charge in [0, 0.05) is 25.7 Å². The SMILES string of the molecule is COc1cc(CNCCNC(C)C)ccc1C. The van der Waals surface area contributed by atoms with E-state index in [0.29, 0.717) is 6.04 Å². The maximum atomic E-state index is 5.30. The molecule has 96 valence electrons. The lowest BCUT2D eigenvalue weighted by Crippen LogP contribution is -2.31. The van der Waals surface area contributed by atoms with Gasteiger partial charge >= 0.3 is 0 Å². The molecule has 0 spiro atoms. The number of hydrogen-bond acceptors (Lipinski definition) is 3. The van der Waals surface area contributed by atoms with E-state index < -0.39 is 0 Å². The van der Waals surface area contributed by atoms with Gasteiger partial charge in [0.15, 0.2) is 0 Å². The lowest BCUT2D eigenvalue weighted by Gasteiger charge is -2.10. The van der Waals surface area contributed by atoms with E-state index in [9.17, 15) is 0 Å². The van der Waals surface area contributed by atoms with Crippen LogP contribution in [0.2, 0.25) is 0 Å². The Kier molecular flexibility index (Phi) is 6.01. The Balaban J connectivity index is 2.32. The Morgan fingerprint density at radius 3 is 2.65 bits per heavy atom. The van der Waals surface area contributed by atoms with Gasteiger partial charge in [-0.3, -0.25) is 0 Å².